The molecule has 3 heterocycles. The normalized spacial score (nSPS) is 20.2. The lowest BCUT2D eigenvalue weighted by Gasteiger charge is -2.39. The van der Waals surface area contributed by atoms with E-state index in [0.29, 0.717) is 5.69 Å². The lowest BCUT2D eigenvalue weighted by molar-refractivity contribution is -0.137. The zero-order chi connectivity index (χ0) is 23.1. The summed E-state index contributed by atoms with van der Waals surface area (Å²) in [4.78, 5) is 20.7. The summed E-state index contributed by atoms with van der Waals surface area (Å²) in [5, 5.41) is 0. The first-order valence-corrected chi connectivity index (χ1v) is 11.7. The van der Waals surface area contributed by atoms with Crippen LogP contribution in [0.4, 0.5) is 18.9 Å². The van der Waals surface area contributed by atoms with Gasteiger partial charge in [0.2, 0.25) is 10.0 Å². The second-order valence-corrected chi connectivity index (χ2v) is 9.91. The Morgan fingerprint density at radius 1 is 1.06 bits per heavy atom. The van der Waals surface area contributed by atoms with Gasteiger partial charge >= 0.3 is 6.18 Å². The first kappa shape index (κ1) is 22.5. The molecular formula is C21H23F3N4O3S. The molecule has 0 bridgehead atoms. The Morgan fingerprint density at radius 3 is 2.31 bits per heavy atom. The van der Waals surface area contributed by atoms with Gasteiger partial charge in [0.25, 0.3) is 5.91 Å². The van der Waals surface area contributed by atoms with Crippen molar-refractivity contribution in [2.24, 2.45) is 0 Å². The van der Waals surface area contributed by atoms with Crippen LogP contribution in [0.25, 0.3) is 0 Å². The van der Waals surface area contributed by atoms with Crippen molar-refractivity contribution in [3.8, 4) is 0 Å². The maximum absolute atomic E-state index is 13.0. The van der Waals surface area contributed by atoms with Gasteiger partial charge in [-0.05, 0) is 49.7 Å². The Hall–Kier alpha value is -2.66. The van der Waals surface area contributed by atoms with Crippen LogP contribution < -0.4 is 4.90 Å². The summed E-state index contributed by atoms with van der Waals surface area (Å²) in [7, 11) is -3.98. The molecule has 4 rings (SSSR count). The third kappa shape index (κ3) is 4.31. The highest BCUT2D eigenvalue weighted by molar-refractivity contribution is 7.89. The van der Waals surface area contributed by atoms with Crippen molar-refractivity contribution in [1.29, 1.82) is 0 Å². The molecular weight excluding hydrogens is 445 g/mol. The van der Waals surface area contributed by atoms with Gasteiger partial charge in [-0.15, -0.1) is 0 Å². The number of carbonyl (C=O) groups excluding carboxylic acids is 1. The molecule has 0 spiro atoms. The van der Waals surface area contributed by atoms with Crippen LogP contribution in [0.3, 0.4) is 0 Å². The molecule has 1 amide bonds. The van der Waals surface area contributed by atoms with Gasteiger partial charge in [0.1, 0.15) is 5.69 Å². The van der Waals surface area contributed by atoms with E-state index in [1.165, 1.54) is 4.31 Å². The third-order valence-corrected chi connectivity index (χ3v) is 7.73. The molecule has 1 aromatic heterocycles. The molecule has 2 aliphatic heterocycles. The minimum Gasteiger partial charge on any atom is -0.371 e. The van der Waals surface area contributed by atoms with E-state index in [-0.39, 0.29) is 30.4 Å². The van der Waals surface area contributed by atoms with E-state index in [1.807, 2.05) is 6.07 Å². The predicted molar refractivity (Wildman–Crippen MR) is 112 cm³/mol. The van der Waals surface area contributed by atoms with Gasteiger partial charge in [-0.25, -0.2) is 8.42 Å². The van der Waals surface area contributed by atoms with Crippen LogP contribution in [0.5, 0.6) is 0 Å². The van der Waals surface area contributed by atoms with Gasteiger partial charge in [-0.1, -0.05) is 0 Å². The van der Waals surface area contributed by atoms with E-state index in [9.17, 15) is 26.4 Å². The summed E-state index contributed by atoms with van der Waals surface area (Å²) in [5.41, 5.74) is 0.333. The standard InChI is InChI=1S/C21H23F3N4O3S/c1-15-14-27(32(30,31)18-5-3-16(4-6-18)21(22,23)24)11-12-28(15)20(29)19-13-17(7-8-25-19)26-9-2-10-26/h3-8,13,15H,2,9-12,14H2,1H3/t15-/m0/s1. The van der Waals surface area contributed by atoms with Gasteiger partial charge in [0, 0.05) is 50.6 Å². The summed E-state index contributed by atoms with van der Waals surface area (Å²) in [6.45, 7) is 3.87. The van der Waals surface area contributed by atoms with Crippen LogP contribution >= 0.6 is 0 Å². The lowest BCUT2D eigenvalue weighted by atomic mass is 10.1. The summed E-state index contributed by atoms with van der Waals surface area (Å²) in [5.74, 6) is -0.272. The number of anilines is 1. The Kier molecular flexibility index (Phi) is 5.89. The summed E-state index contributed by atoms with van der Waals surface area (Å²) >= 11 is 0. The number of hydrogen-bond acceptors (Lipinski definition) is 5. The number of piperazine rings is 1. The van der Waals surface area contributed by atoms with E-state index in [0.717, 1.165) is 49.5 Å². The molecule has 0 N–H and O–H groups in total. The Balaban J connectivity index is 1.46. The van der Waals surface area contributed by atoms with Crippen molar-refractivity contribution in [3.05, 3.63) is 53.9 Å². The average Bonchev–Trinajstić information content (AvgIpc) is 2.71. The largest absolute Gasteiger partial charge is 0.416 e. The summed E-state index contributed by atoms with van der Waals surface area (Å²) in [6, 6.07) is 6.62. The molecule has 7 nitrogen and oxygen atoms in total. The molecule has 2 fully saturated rings. The number of rotatable bonds is 4. The van der Waals surface area contributed by atoms with E-state index in [4.69, 9.17) is 0 Å². The van der Waals surface area contributed by atoms with Crippen LogP contribution in [0.2, 0.25) is 0 Å². The zero-order valence-electron chi connectivity index (χ0n) is 17.4. The second kappa shape index (κ2) is 8.36. The molecule has 0 aliphatic carbocycles. The van der Waals surface area contributed by atoms with Crippen molar-refractivity contribution >= 4 is 21.6 Å². The van der Waals surface area contributed by atoms with Crippen molar-refractivity contribution in [2.75, 3.05) is 37.6 Å². The Morgan fingerprint density at radius 2 is 1.75 bits per heavy atom. The van der Waals surface area contributed by atoms with E-state index in [2.05, 4.69) is 9.88 Å². The second-order valence-electron chi connectivity index (χ2n) is 7.97. The highest BCUT2D eigenvalue weighted by Crippen LogP contribution is 2.30. The highest BCUT2D eigenvalue weighted by atomic mass is 32.2. The Labute approximate surface area is 184 Å². The molecule has 2 saturated heterocycles. The van der Waals surface area contributed by atoms with E-state index in [1.54, 1.807) is 24.1 Å². The van der Waals surface area contributed by atoms with Crippen LogP contribution in [0.1, 0.15) is 29.4 Å². The zero-order valence-corrected chi connectivity index (χ0v) is 18.2. The molecule has 1 aromatic carbocycles. The molecule has 2 aromatic rings. The fourth-order valence-corrected chi connectivity index (χ4v) is 5.38. The lowest BCUT2D eigenvalue weighted by Crippen LogP contribution is -2.55. The first-order chi connectivity index (χ1) is 15.1. The quantitative estimate of drug-likeness (QED) is 0.690. The number of amides is 1. The fraction of sp³-hybridized carbons (Fsp3) is 0.429. The molecule has 0 unspecified atom stereocenters. The van der Waals surface area contributed by atoms with Crippen molar-refractivity contribution in [2.45, 2.75) is 30.5 Å². The van der Waals surface area contributed by atoms with Crippen LogP contribution in [-0.2, 0) is 16.2 Å². The topological polar surface area (TPSA) is 73.8 Å². The number of hydrogen-bond donors (Lipinski definition) is 0. The van der Waals surface area contributed by atoms with Gasteiger partial charge < -0.3 is 9.80 Å². The number of nitrogens with zero attached hydrogens (tertiary/aromatic N) is 4. The smallest absolute Gasteiger partial charge is 0.371 e. The number of pyridine rings is 1. The monoisotopic (exact) mass is 468 g/mol. The molecule has 0 radical (unpaired) electrons. The number of halogens is 3. The predicted octanol–water partition coefficient (Wildman–Crippen LogP) is 2.85. The Bertz CT molecular complexity index is 1100. The van der Waals surface area contributed by atoms with Gasteiger partial charge in [0.15, 0.2) is 0 Å². The van der Waals surface area contributed by atoms with Crippen LogP contribution in [0, 0.1) is 0 Å². The van der Waals surface area contributed by atoms with Crippen LogP contribution in [0.15, 0.2) is 47.5 Å². The number of aromatic nitrogens is 1. The van der Waals surface area contributed by atoms with Crippen LogP contribution in [-0.4, -0.2) is 67.3 Å². The number of alkyl halides is 3. The van der Waals surface area contributed by atoms with Gasteiger partial charge in [0.05, 0.1) is 10.5 Å². The molecule has 11 heteroatoms. The molecule has 0 saturated carbocycles. The molecule has 1 atom stereocenters. The van der Waals surface area contributed by atoms with Crippen molar-refractivity contribution < 1.29 is 26.4 Å². The summed E-state index contributed by atoms with van der Waals surface area (Å²) < 4.78 is 65.4. The van der Waals surface area contributed by atoms with Gasteiger partial charge in [-0.2, -0.15) is 17.5 Å². The van der Waals surface area contributed by atoms with E-state index >= 15 is 0 Å². The molecule has 2 aliphatic rings. The average molecular weight is 469 g/mol. The number of carbonyl (C=O) groups is 1. The minimum absolute atomic E-state index is 0.0426. The minimum atomic E-state index is -4.54. The van der Waals surface area contributed by atoms with E-state index < -0.39 is 27.8 Å². The number of sulfonamides is 1. The maximum Gasteiger partial charge on any atom is 0.416 e. The number of benzene rings is 1. The third-order valence-electron chi connectivity index (χ3n) is 5.85. The van der Waals surface area contributed by atoms with Crippen molar-refractivity contribution in [3.63, 3.8) is 0 Å². The molecule has 32 heavy (non-hydrogen) atoms. The fourth-order valence-electron chi connectivity index (χ4n) is 3.86. The SMILES string of the molecule is C[C@H]1CN(S(=O)(=O)c2ccc(C(F)(F)F)cc2)CCN1C(=O)c1cc(N2CCC2)ccn1. The summed E-state index contributed by atoms with van der Waals surface area (Å²) in [6.07, 6.45) is -1.83. The van der Waals surface area contributed by atoms with Gasteiger partial charge in [-0.3, -0.25) is 9.78 Å². The van der Waals surface area contributed by atoms with Crippen molar-refractivity contribution in [1.82, 2.24) is 14.2 Å². The molecule has 172 valence electrons. The maximum atomic E-state index is 13.0. The first-order valence-electron chi connectivity index (χ1n) is 10.3. The highest BCUT2D eigenvalue weighted by Gasteiger charge is 2.36.